The Balaban J connectivity index is 1.55. The Morgan fingerprint density at radius 2 is 2.06 bits per heavy atom. The van der Waals surface area contributed by atoms with Gasteiger partial charge in [-0.25, -0.2) is 14.2 Å². The summed E-state index contributed by atoms with van der Waals surface area (Å²) in [6, 6.07) is 14.6. The topological polar surface area (TPSA) is 117 Å². The number of esters is 1. The van der Waals surface area contributed by atoms with Crippen LogP contribution in [-0.2, 0) is 4.74 Å². The van der Waals surface area contributed by atoms with Crippen LogP contribution >= 0.6 is 11.3 Å². The van der Waals surface area contributed by atoms with Gasteiger partial charge in [-0.15, -0.1) is 0 Å². The highest BCUT2D eigenvalue weighted by Crippen LogP contribution is 2.32. The molecular weight excluding hydrogens is 446 g/mol. The monoisotopic (exact) mass is 461 g/mol. The van der Waals surface area contributed by atoms with Crippen LogP contribution in [0.25, 0.3) is 33.4 Å². The summed E-state index contributed by atoms with van der Waals surface area (Å²) in [5, 5.41) is 11.6. The minimum atomic E-state index is -0.640. The molecule has 5 aromatic rings. The number of rotatable bonds is 5. The lowest BCUT2D eigenvalue weighted by Crippen LogP contribution is -2.22. The number of benzene rings is 2. The fourth-order valence-electron chi connectivity index (χ4n) is 3.55. The second-order valence-electron chi connectivity index (χ2n) is 7.05. The predicted octanol–water partition coefficient (Wildman–Crippen LogP) is 3.80. The minimum absolute atomic E-state index is 0.0794. The molecular formula is C23H15N3O6S. The average Bonchev–Trinajstić information content (AvgIpc) is 3.49. The van der Waals surface area contributed by atoms with E-state index in [0.29, 0.717) is 15.3 Å². The molecule has 3 aromatic heterocycles. The van der Waals surface area contributed by atoms with Gasteiger partial charge in [0.1, 0.15) is 16.1 Å². The number of imidazole rings is 1. The molecule has 0 aliphatic rings. The molecule has 0 aliphatic carbocycles. The van der Waals surface area contributed by atoms with Gasteiger partial charge >= 0.3 is 5.97 Å². The Hall–Kier alpha value is -4.31. The number of hydrogen-bond donors (Lipinski definition) is 0. The Morgan fingerprint density at radius 1 is 1.24 bits per heavy atom. The number of aromatic nitrogens is 2. The standard InChI is InChI=1S/C23H15N3O6S/c1-2-31-22(28)13-7-9-15(18(11-13)26(29)30)19-10-8-14(32-19)12-20-21(27)25-17-6-4-3-5-16(17)24-23(25)33-20/h3-12H,2H2,1H3/b20-12-. The SMILES string of the molecule is CCOC(=O)c1ccc(-c2ccc(/C=c3\sc4nc5ccccc5n4c3=O)o2)c([N+](=O)[O-])c1. The van der Waals surface area contributed by atoms with E-state index >= 15 is 0 Å². The zero-order valence-electron chi connectivity index (χ0n) is 17.2. The summed E-state index contributed by atoms with van der Waals surface area (Å²) in [6.45, 7) is 1.82. The molecule has 0 atom stereocenters. The summed E-state index contributed by atoms with van der Waals surface area (Å²) >= 11 is 1.23. The van der Waals surface area contributed by atoms with Gasteiger partial charge in [0.05, 0.1) is 33.7 Å². The number of nitro benzene ring substituents is 1. The minimum Gasteiger partial charge on any atom is -0.462 e. The summed E-state index contributed by atoms with van der Waals surface area (Å²) < 4.78 is 12.7. The van der Waals surface area contributed by atoms with E-state index in [1.54, 1.807) is 29.5 Å². The van der Waals surface area contributed by atoms with Gasteiger partial charge in [0.15, 0.2) is 4.96 Å². The van der Waals surface area contributed by atoms with Gasteiger partial charge in [-0.3, -0.25) is 14.9 Å². The average molecular weight is 461 g/mol. The van der Waals surface area contributed by atoms with Crippen molar-refractivity contribution in [1.82, 2.24) is 9.38 Å². The number of fused-ring (bicyclic) bond motifs is 3. The third-order valence-electron chi connectivity index (χ3n) is 5.02. The van der Waals surface area contributed by atoms with Crippen molar-refractivity contribution in [2.24, 2.45) is 0 Å². The fourth-order valence-corrected chi connectivity index (χ4v) is 4.52. The van der Waals surface area contributed by atoms with Crippen LogP contribution in [0.3, 0.4) is 0 Å². The Labute approximate surface area is 189 Å². The molecule has 164 valence electrons. The normalized spacial score (nSPS) is 12.0. The third kappa shape index (κ3) is 3.56. The highest BCUT2D eigenvalue weighted by atomic mass is 32.1. The summed E-state index contributed by atoms with van der Waals surface area (Å²) in [5.74, 6) is -0.0407. The molecule has 0 saturated heterocycles. The number of nitrogens with zero attached hydrogens (tertiary/aromatic N) is 3. The molecule has 0 N–H and O–H groups in total. The lowest BCUT2D eigenvalue weighted by Gasteiger charge is -2.04. The largest absolute Gasteiger partial charge is 0.462 e. The molecule has 0 fully saturated rings. The molecule has 0 unspecified atom stereocenters. The fraction of sp³-hybridized carbons (Fsp3) is 0.0870. The first-order valence-electron chi connectivity index (χ1n) is 9.93. The van der Waals surface area contributed by atoms with Crippen molar-refractivity contribution >= 4 is 45.1 Å². The predicted molar refractivity (Wildman–Crippen MR) is 122 cm³/mol. The number of carbonyl (C=O) groups excluding carboxylic acids is 1. The summed E-state index contributed by atoms with van der Waals surface area (Å²) in [7, 11) is 0. The number of furan rings is 1. The molecule has 5 rings (SSSR count). The van der Waals surface area contributed by atoms with Crippen molar-refractivity contribution in [3.63, 3.8) is 0 Å². The van der Waals surface area contributed by atoms with Gasteiger partial charge in [0.25, 0.3) is 11.2 Å². The Kier molecular flexibility index (Phi) is 4.98. The second-order valence-corrected chi connectivity index (χ2v) is 8.05. The van der Waals surface area contributed by atoms with Crippen LogP contribution in [0.5, 0.6) is 0 Å². The van der Waals surface area contributed by atoms with Crippen molar-refractivity contribution in [1.29, 1.82) is 0 Å². The lowest BCUT2D eigenvalue weighted by atomic mass is 10.1. The van der Waals surface area contributed by atoms with Crippen molar-refractivity contribution in [3.8, 4) is 11.3 Å². The van der Waals surface area contributed by atoms with E-state index in [-0.39, 0.29) is 34.7 Å². The maximum Gasteiger partial charge on any atom is 0.338 e. The Morgan fingerprint density at radius 3 is 2.85 bits per heavy atom. The van der Waals surface area contributed by atoms with Crippen LogP contribution in [0.1, 0.15) is 23.0 Å². The van der Waals surface area contributed by atoms with E-state index in [4.69, 9.17) is 9.15 Å². The zero-order chi connectivity index (χ0) is 23.1. The summed E-state index contributed by atoms with van der Waals surface area (Å²) in [6.07, 6.45) is 1.58. The third-order valence-corrected chi connectivity index (χ3v) is 5.99. The van der Waals surface area contributed by atoms with Crippen molar-refractivity contribution in [2.75, 3.05) is 6.61 Å². The molecule has 9 nitrogen and oxygen atoms in total. The van der Waals surface area contributed by atoms with Gasteiger partial charge in [-0.1, -0.05) is 23.5 Å². The van der Waals surface area contributed by atoms with Gasteiger partial charge < -0.3 is 9.15 Å². The quantitative estimate of drug-likeness (QED) is 0.222. The van der Waals surface area contributed by atoms with Crippen LogP contribution in [0, 0.1) is 10.1 Å². The first kappa shape index (κ1) is 20.6. The number of carbonyl (C=O) groups is 1. The van der Waals surface area contributed by atoms with Gasteiger partial charge in [0.2, 0.25) is 0 Å². The molecule has 0 bridgehead atoms. The van der Waals surface area contributed by atoms with Gasteiger partial charge in [-0.2, -0.15) is 0 Å². The van der Waals surface area contributed by atoms with Crippen LogP contribution in [-0.4, -0.2) is 26.9 Å². The van der Waals surface area contributed by atoms with Gasteiger partial charge in [-0.05, 0) is 43.3 Å². The molecule has 33 heavy (non-hydrogen) atoms. The van der Waals surface area contributed by atoms with Crippen molar-refractivity contribution in [3.05, 3.63) is 90.9 Å². The Bertz CT molecular complexity index is 1660. The smallest absolute Gasteiger partial charge is 0.338 e. The number of para-hydroxylation sites is 2. The highest BCUT2D eigenvalue weighted by molar-refractivity contribution is 7.15. The van der Waals surface area contributed by atoms with Crippen LogP contribution in [0.4, 0.5) is 5.69 Å². The number of ether oxygens (including phenoxy) is 1. The van der Waals surface area contributed by atoms with E-state index in [0.717, 1.165) is 17.1 Å². The maximum atomic E-state index is 12.9. The maximum absolute atomic E-state index is 12.9. The van der Waals surface area contributed by atoms with E-state index in [9.17, 15) is 19.7 Å². The number of nitro groups is 1. The van der Waals surface area contributed by atoms with Gasteiger partial charge in [0, 0.05) is 12.1 Å². The van der Waals surface area contributed by atoms with Crippen LogP contribution in [0.15, 0.2) is 63.8 Å². The molecule has 0 radical (unpaired) electrons. The van der Waals surface area contributed by atoms with Crippen molar-refractivity contribution < 1.29 is 18.9 Å². The summed E-state index contributed by atoms with van der Waals surface area (Å²) in [5.41, 5.74) is 1.26. The van der Waals surface area contributed by atoms with E-state index in [1.807, 2.05) is 24.3 Å². The zero-order valence-corrected chi connectivity index (χ0v) is 18.0. The second kappa shape index (κ2) is 7.99. The molecule has 0 aliphatic heterocycles. The molecule has 0 saturated carbocycles. The van der Waals surface area contributed by atoms with Crippen LogP contribution in [0.2, 0.25) is 0 Å². The first-order valence-corrected chi connectivity index (χ1v) is 10.8. The summed E-state index contributed by atoms with van der Waals surface area (Å²) in [4.78, 5) is 40.9. The first-order chi connectivity index (χ1) is 16.0. The van der Waals surface area contributed by atoms with Crippen molar-refractivity contribution in [2.45, 2.75) is 6.92 Å². The lowest BCUT2D eigenvalue weighted by molar-refractivity contribution is -0.384. The molecule has 0 spiro atoms. The molecule has 10 heteroatoms. The molecule has 2 aromatic carbocycles. The molecule has 0 amide bonds. The number of thiazole rings is 1. The molecule has 3 heterocycles. The van der Waals surface area contributed by atoms with E-state index < -0.39 is 10.9 Å². The van der Waals surface area contributed by atoms with E-state index in [2.05, 4.69) is 4.98 Å². The highest BCUT2D eigenvalue weighted by Gasteiger charge is 2.21. The van der Waals surface area contributed by atoms with Crippen LogP contribution < -0.4 is 10.1 Å². The van der Waals surface area contributed by atoms with E-state index in [1.165, 1.54) is 23.5 Å². The number of hydrogen-bond acceptors (Lipinski definition) is 8.